The monoisotopic (exact) mass is 443 g/mol. The van der Waals surface area contributed by atoms with E-state index in [4.69, 9.17) is 0 Å². The number of piperazine rings is 1. The molecular weight excluding hydrogens is 410 g/mol. The third kappa shape index (κ3) is 5.17. The van der Waals surface area contributed by atoms with Crippen molar-refractivity contribution in [3.8, 4) is 5.69 Å². The Balaban J connectivity index is 1.42. The summed E-state index contributed by atoms with van der Waals surface area (Å²) in [5, 5.41) is 7.64. The highest BCUT2D eigenvalue weighted by Crippen LogP contribution is 2.25. The van der Waals surface area contributed by atoms with E-state index in [0.717, 1.165) is 61.0 Å². The number of nitrogens with zero attached hydrogens (tertiary/aromatic N) is 4. The number of carbonyl (C=O) groups is 1. The summed E-state index contributed by atoms with van der Waals surface area (Å²) in [5.74, 6) is -0.148. The van der Waals surface area contributed by atoms with Gasteiger partial charge in [0.2, 0.25) is 5.91 Å². The number of amides is 1. The van der Waals surface area contributed by atoms with Crippen molar-refractivity contribution >= 4 is 23.4 Å². The van der Waals surface area contributed by atoms with E-state index in [1.165, 1.54) is 11.3 Å². The van der Waals surface area contributed by atoms with Gasteiger partial charge in [0, 0.05) is 54.9 Å². The summed E-state index contributed by atoms with van der Waals surface area (Å²) in [6, 6.07) is 16.2. The molecule has 1 amide bonds. The summed E-state index contributed by atoms with van der Waals surface area (Å²) in [6.45, 7) is 13.7. The molecule has 1 N–H and O–H groups in total. The third-order valence-corrected chi connectivity index (χ3v) is 6.37. The molecule has 0 radical (unpaired) electrons. The number of likely N-dealkylation sites (N-methyl/N-ethyl adjacent to an activating group) is 1. The number of nitrogens with one attached hydrogen (secondary N) is 1. The zero-order valence-corrected chi connectivity index (χ0v) is 20.0. The van der Waals surface area contributed by atoms with Gasteiger partial charge < -0.3 is 15.1 Å². The molecule has 33 heavy (non-hydrogen) atoms. The number of carbonyl (C=O) groups excluding carboxylic acids is 1. The van der Waals surface area contributed by atoms with Gasteiger partial charge >= 0.3 is 0 Å². The van der Waals surface area contributed by atoms with E-state index >= 15 is 0 Å². The SMILES string of the molecule is CCN1CCN(c2ccc(NC(=O)/C=C/c3c(C)nn(-c4ccccc4)c3C)cc2C)CC1. The average Bonchev–Trinajstić information content (AvgIpc) is 3.11. The van der Waals surface area contributed by atoms with Crippen molar-refractivity contribution in [3.05, 3.63) is 77.1 Å². The molecule has 4 rings (SSSR count). The normalized spacial score (nSPS) is 14.7. The second kappa shape index (κ2) is 10.0. The number of hydrogen-bond acceptors (Lipinski definition) is 4. The molecule has 0 spiro atoms. The number of benzene rings is 2. The van der Waals surface area contributed by atoms with Crippen LogP contribution in [0, 0.1) is 20.8 Å². The smallest absolute Gasteiger partial charge is 0.248 e. The fourth-order valence-corrected chi connectivity index (χ4v) is 4.45. The summed E-state index contributed by atoms with van der Waals surface area (Å²) in [6.07, 6.45) is 3.43. The number of aryl methyl sites for hydroxylation is 2. The van der Waals surface area contributed by atoms with Crippen LogP contribution in [0.3, 0.4) is 0 Å². The Kier molecular flexibility index (Phi) is 6.94. The standard InChI is InChI=1S/C27H33N5O/c1-5-30-15-17-31(18-16-30)26-13-11-23(19-20(26)2)28-27(33)14-12-25-21(3)29-32(22(25)4)24-9-7-6-8-10-24/h6-14,19H,5,15-18H2,1-4H3,(H,28,33)/b14-12+. The quantitative estimate of drug-likeness (QED) is 0.566. The molecule has 3 aromatic rings. The molecule has 172 valence electrons. The molecule has 0 atom stereocenters. The maximum atomic E-state index is 12.6. The molecule has 0 bridgehead atoms. The molecular formula is C27H33N5O. The number of rotatable bonds is 6. The largest absolute Gasteiger partial charge is 0.369 e. The van der Waals surface area contributed by atoms with Gasteiger partial charge in [0.1, 0.15) is 0 Å². The zero-order valence-electron chi connectivity index (χ0n) is 20.0. The minimum Gasteiger partial charge on any atom is -0.369 e. The van der Waals surface area contributed by atoms with Crippen LogP contribution >= 0.6 is 0 Å². The van der Waals surface area contributed by atoms with Gasteiger partial charge in [0.25, 0.3) is 0 Å². The van der Waals surface area contributed by atoms with Crippen LogP contribution in [0.2, 0.25) is 0 Å². The minimum absolute atomic E-state index is 0.148. The first kappa shape index (κ1) is 22.8. The first-order valence-electron chi connectivity index (χ1n) is 11.6. The summed E-state index contributed by atoms with van der Waals surface area (Å²) in [5.41, 5.74) is 7.11. The van der Waals surface area contributed by atoms with Gasteiger partial charge in [-0.1, -0.05) is 25.1 Å². The molecule has 6 nitrogen and oxygen atoms in total. The van der Waals surface area contributed by atoms with Gasteiger partial charge in [0.05, 0.1) is 11.4 Å². The van der Waals surface area contributed by atoms with Crippen molar-refractivity contribution in [1.29, 1.82) is 0 Å². The predicted octanol–water partition coefficient (Wildman–Crippen LogP) is 4.59. The second-order valence-corrected chi connectivity index (χ2v) is 8.58. The fourth-order valence-electron chi connectivity index (χ4n) is 4.45. The van der Waals surface area contributed by atoms with Crippen molar-refractivity contribution in [2.24, 2.45) is 0 Å². The zero-order chi connectivity index (χ0) is 23.4. The second-order valence-electron chi connectivity index (χ2n) is 8.58. The summed E-state index contributed by atoms with van der Waals surface area (Å²) >= 11 is 0. The Labute approximate surface area is 196 Å². The van der Waals surface area contributed by atoms with Crippen molar-refractivity contribution in [1.82, 2.24) is 14.7 Å². The van der Waals surface area contributed by atoms with Crippen LogP contribution in [0.5, 0.6) is 0 Å². The number of para-hydroxylation sites is 1. The van der Waals surface area contributed by atoms with Crippen LogP contribution in [0.4, 0.5) is 11.4 Å². The van der Waals surface area contributed by atoms with Crippen LogP contribution in [0.25, 0.3) is 11.8 Å². The number of aromatic nitrogens is 2. The van der Waals surface area contributed by atoms with Crippen LogP contribution in [0.15, 0.2) is 54.6 Å². The molecule has 1 aliphatic rings. The number of hydrogen-bond donors (Lipinski definition) is 1. The molecule has 1 aromatic heterocycles. The predicted molar refractivity (Wildman–Crippen MR) is 136 cm³/mol. The Bertz CT molecular complexity index is 1140. The van der Waals surface area contributed by atoms with Gasteiger partial charge in [-0.15, -0.1) is 0 Å². The summed E-state index contributed by atoms with van der Waals surface area (Å²) in [7, 11) is 0. The van der Waals surface area contributed by atoms with Crippen LogP contribution < -0.4 is 10.2 Å². The highest BCUT2D eigenvalue weighted by molar-refractivity contribution is 6.02. The van der Waals surface area contributed by atoms with Gasteiger partial charge in [0.15, 0.2) is 0 Å². The van der Waals surface area contributed by atoms with E-state index in [1.807, 2.05) is 61.0 Å². The maximum absolute atomic E-state index is 12.6. The topological polar surface area (TPSA) is 53.4 Å². The lowest BCUT2D eigenvalue weighted by molar-refractivity contribution is -0.111. The molecule has 1 saturated heterocycles. The molecule has 1 aliphatic heterocycles. The molecule has 0 aliphatic carbocycles. The van der Waals surface area contributed by atoms with Crippen molar-refractivity contribution < 1.29 is 4.79 Å². The van der Waals surface area contributed by atoms with Crippen LogP contribution in [-0.4, -0.2) is 53.3 Å². The Morgan fingerprint density at radius 3 is 2.42 bits per heavy atom. The first-order chi connectivity index (χ1) is 16.0. The average molecular weight is 444 g/mol. The van der Waals surface area contributed by atoms with E-state index in [-0.39, 0.29) is 5.91 Å². The van der Waals surface area contributed by atoms with Gasteiger partial charge in [-0.05, 0) is 69.3 Å². The third-order valence-electron chi connectivity index (χ3n) is 6.37. The van der Waals surface area contributed by atoms with Gasteiger partial charge in [-0.3, -0.25) is 4.79 Å². The van der Waals surface area contributed by atoms with E-state index < -0.39 is 0 Å². The molecule has 2 aromatic carbocycles. The van der Waals surface area contributed by atoms with Gasteiger partial charge in [-0.25, -0.2) is 4.68 Å². The number of anilines is 2. The Morgan fingerprint density at radius 2 is 1.76 bits per heavy atom. The first-order valence-corrected chi connectivity index (χ1v) is 11.6. The Hall–Kier alpha value is -3.38. The van der Waals surface area contributed by atoms with E-state index in [0.29, 0.717) is 0 Å². The molecule has 1 fully saturated rings. The van der Waals surface area contributed by atoms with E-state index in [1.54, 1.807) is 6.08 Å². The summed E-state index contributed by atoms with van der Waals surface area (Å²) < 4.78 is 1.91. The molecule has 0 unspecified atom stereocenters. The van der Waals surface area contributed by atoms with E-state index in [9.17, 15) is 4.79 Å². The lowest BCUT2D eigenvalue weighted by Gasteiger charge is -2.36. The lowest BCUT2D eigenvalue weighted by atomic mass is 10.1. The molecule has 6 heteroatoms. The minimum atomic E-state index is -0.148. The lowest BCUT2D eigenvalue weighted by Crippen LogP contribution is -2.46. The highest BCUT2D eigenvalue weighted by atomic mass is 16.1. The molecule has 2 heterocycles. The summed E-state index contributed by atoms with van der Waals surface area (Å²) in [4.78, 5) is 17.5. The van der Waals surface area contributed by atoms with Crippen molar-refractivity contribution in [3.63, 3.8) is 0 Å². The fraction of sp³-hybridized carbons (Fsp3) is 0.333. The Morgan fingerprint density at radius 1 is 1.03 bits per heavy atom. The van der Waals surface area contributed by atoms with E-state index in [2.05, 4.69) is 46.2 Å². The van der Waals surface area contributed by atoms with Crippen LogP contribution in [-0.2, 0) is 4.79 Å². The highest BCUT2D eigenvalue weighted by Gasteiger charge is 2.17. The van der Waals surface area contributed by atoms with Crippen molar-refractivity contribution in [2.45, 2.75) is 27.7 Å². The van der Waals surface area contributed by atoms with Crippen LogP contribution in [0.1, 0.15) is 29.4 Å². The maximum Gasteiger partial charge on any atom is 0.248 e. The van der Waals surface area contributed by atoms with Crippen molar-refractivity contribution in [2.75, 3.05) is 42.9 Å². The molecule has 0 saturated carbocycles. The van der Waals surface area contributed by atoms with Gasteiger partial charge in [-0.2, -0.15) is 5.10 Å².